The number of carbonyl (C=O) groups excluding carboxylic acids is 1. The fourth-order valence-electron chi connectivity index (χ4n) is 3.15. The SMILES string of the molecule is CCC[C@H]1c2cccn2CCN1C(=O)Nc1ccc(OC)cc1. The van der Waals surface area contributed by atoms with E-state index in [4.69, 9.17) is 4.74 Å². The molecular weight excluding hydrogens is 290 g/mol. The van der Waals surface area contributed by atoms with E-state index in [9.17, 15) is 4.79 Å². The van der Waals surface area contributed by atoms with Gasteiger partial charge in [0.2, 0.25) is 0 Å². The lowest BCUT2D eigenvalue weighted by Gasteiger charge is -2.37. The second kappa shape index (κ2) is 6.77. The molecule has 0 saturated carbocycles. The standard InChI is InChI=1S/C18H23N3O2/c1-3-5-17-16-6-4-11-20(16)12-13-21(17)18(22)19-14-7-9-15(23-2)10-8-14/h4,6-11,17H,3,5,12-13H2,1-2H3,(H,19,22)/t17-/m0/s1. The Labute approximate surface area is 136 Å². The summed E-state index contributed by atoms with van der Waals surface area (Å²) in [4.78, 5) is 14.7. The highest BCUT2D eigenvalue weighted by atomic mass is 16.5. The number of urea groups is 1. The summed E-state index contributed by atoms with van der Waals surface area (Å²) in [5, 5.41) is 3.00. The van der Waals surface area contributed by atoms with Crippen molar-refractivity contribution in [2.24, 2.45) is 0 Å². The number of aromatic nitrogens is 1. The second-order valence-corrected chi connectivity index (χ2v) is 5.78. The van der Waals surface area contributed by atoms with Gasteiger partial charge in [0.1, 0.15) is 5.75 Å². The maximum absolute atomic E-state index is 12.7. The van der Waals surface area contributed by atoms with Crippen LogP contribution >= 0.6 is 0 Å². The van der Waals surface area contributed by atoms with Crippen molar-refractivity contribution in [1.29, 1.82) is 0 Å². The van der Waals surface area contributed by atoms with Crippen molar-refractivity contribution in [3.05, 3.63) is 48.3 Å². The van der Waals surface area contributed by atoms with Crippen LogP contribution in [0.4, 0.5) is 10.5 Å². The summed E-state index contributed by atoms with van der Waals surface area (Å²) in [7, 11) is 1.63. The molecular formula is C18H23N3O2. The normalized spacial score (nSPS) is 16.8. The lowest BCUT2D eigenvalue weighted by atomic mass is 10.0. The number of rotatable bonds is 4. The monoisotopic (exact) mass is 313 g/mol. The van der Waals surface area contributed by atoms with Crippen molar-refractivity contribution in [1.82, 2.24) is 9.47 Å². The van der Waals surface area contributed by atoms with Crippen LogP contribution in [0.5, 0.6) is 5.75 Å². The third-order valence-corrected chi connectivity index (χ3v) is 4.33. The number of hydrogen-bond acceptors (Lipinski definition) is 2. The van der Waals surface area contributed by atoms with Crippen LogP contribution in [-0.4, -0.2) is 29.2 Å². The van der Waals surface area contributed by atoms with Crippen LogP contribution in [0.3, 0.4) is 0 Å². The Morgan fingerprint density at radius 1 is 1.26 bits per heavy atom. The molecule has 0 radical (unpaired) electrons. The predicted molar refractivity (Wildman–Crippen MR) is 90.8 cm³/mol. The molecule has 23 heavy (non-hydrogen) atoms. The zero-order chi connectivity index (χ0) is 16.2. The molecule has 1 N–H and O–H groups in total. The van der Waals surface area contributed by atoms with Crippen LogP contribution in [0.1, 0.15) is 31.5 Å². The Hall–Kier alpha value is -2.43. The van der Waals surface area contributed by atoms with Crippen molar-refractivity contribution in [2.75, 3.05) is 19.0 Å². The van der Waals surface area contributed by atoms with Crippen LogP contribution in [0.2, 0.25) is 0 Å². The molecule has 1 aliphatic heterocycles. The van der Waals surface area contributed by atoms with Crippen LogP contribution in [0, 0.1) is 0 Å². The quantitative estimate of drug-likeness (QED) is 0.931. The highest BCUT2D eigenvalue weighted by Crippen LogP contribution is 2.30. The number of nitrogens with zero attached hydrogens (tertiary/aromatic N) is 2. The van der Waals surface area contributed by atoms with E-state index in [1.54, 1.807) is 7.11 Å². The number of nitrogens with one attached hydrogen (secondary N) is 1. The van der Waals surface area contributed by atoms with E-state index >= 15 is 0 Å². The van der Waals surface area contributed by atoms with E-state index in [1.165, 1.54) is 5.69 Å². The fourth-order valence-corrected chi connectivity index (χ4v) is 3.15. The van der Waals surface area contributed by atoms with Crippen molar-refractivity contribution in [3.63, 3.8) is 0 Å². The summed E-state index contributed by atoms with van der Waals surface area (Å²) < 4.78 is 7.39. The number of methoxy groups -OCH3 is 1. The molecule has 0 aliphatic carbocycles. The summed E-state index contributed by atoms with van der Waals surface area (Å²) in [6, 6.07) is 11.7. The predicted octanol–water partition coefficient (Wildman–Crippen LogP) is 3.89. The van der Waals surface area contributed by atoms with E-state index in [0.717, 1.165) is 37.4 Å². The highest BCUT2D eigenvalue weighted by Gasteiger charge is 2.30. The Balaban J connectivity index is 1.75. The summed E-state index contributed by atoms with van der Waals surface area (Å²) in [5.41, 5.74) is 2.01. The van der Waals surface area contributed by atoms with Gasteiger partial charge in [-0.25, -0.2) is 4.79 Å². The number of amides is 2. The van der Waals surface area contributed by atoms with Crippen molar-refractivity contribution in [3.8, 4) is 5.75 Å². The van der Waals surface area contributed by atoms with Gasteiger partial charge in [-0.3, -0.25) is 0 Å². The smallest absolute Gasteiger partial charge is 0.322 e. The molecule has 5 heteroatoms. The van der Waals surface area contributed by atoms with Crippen LogP contribution < -0.4 is 10.1 Å². The minimum absolute atomic E-state index is 0.0407. The van der Waals surface area contributed by atoms with Crippen molar-refractivity contribution in [2.45, 2.75) is 32.4 Å². The van der Waals surface area contributed by atoms with Gasteiger partial charge >= 0.3 is 6.03 Å². The average molecular weight is 313 g/mol. The molecule has 2 heterocycles. The number of benzene rings is 1. The first-order valence-electron chi connectivity index (χ1n) is 8.09. The largest absolute Gasteiger partial charge is 0.497 e. The van der Waals surface area contributed by atoms with Gasteiger partial charge in [0.25, 0.3) is 0 Å². The third-order valence-electron chi connectivity index (χ3n) is 4.33. The second-order valence-electron chi connectivity index (χ2n) is 5.78. The Morgan fingerprint density at radius 3 is 2.74 bits per heavy atom. The Kier molecular flexibility index (Phi) is 4.55. The van der Waals surface area contributed by atoms with Crippen molar-refractivity contribution >= 4 is 11.7 Å². The fraction of sp³-hybridized carbons (Fsp3) is 0.389. The first-order valence-corrected chi connectivity index (χ1v) is 8.09. The van der Waals surface area contributed by atoms with Gasteiger partial charge in [-0.15, -0.1) is 0 Å². The first kappa shape index (κ1) is 15.5. The molecule has 2 amide bonds. The minimum Gasteiger partial charge on any atom is -0.497 e. The number of fused-ring (bicyclic) bond motifs is 1. The van der Waals surface area contributed by atoms with E-state index in [1.807, 2.05) is 29.2 Å². The molecule has 0 saturated heterocycles. The summed E-state index contributed by atoms with van der Waals surface area (Å²) >= 11 is 0. The van der Waals surface area contributed by atoms with Gasteiger partial charge in [0.15, 0.2) is 0 Å². The highest BCUT2D eigenvalue weighted by molar-refractivity contribution is 5.89. The van der Waals surface area contributed by atoms with E-state index in [-0.39, 0.29) is 12.1 Å². The van der Waals surface area contributed by atoms with E-state index < -0.39 is 0 Å². The molecule has 1 aliphatic rings. The van der Waals surface area contributed by atoms with Gasteiger partial charge in [0, 0.05) is 30.7 Å². The average Bonchev–Trinajstić information content (AvgIpc) is 3.05. The topological polar surface area (TPSA) is 46.5 Å². The summed E-state index contributed by atoms with van der Waals surface area (Å²) in [6.45, 7) is 3.73. The van der Waals surface area contributed by atoms with Gasteiger partial charge in [-0.2, -0.15) is 0 Å². The van der Waals surface area contributed by atoms with Crippen molar-refractivity contribution < 1.29 is 9.53 Å². The van der Waals surface area contributed by atoms with Crippen LogP contribution in [0.15, 0.2) is 42.6 Å². The molecule has 0 spiro atoms. The van der Waals surface area contributed by atoms with E-state index in [2.05, 4.69) is 35.1 Å². The maximum atomic E-state index is 12.7. The molecule has 0 bridgehead atoms. The summed E-state index contributed by atoms with van der Waals surface area (Å²) in [6.07, 6.45) is 4.11. The minimum atomic E-state index is -0.0407. The van der Waals surface area contributed by atoms with Gasteiger partial charge < -0.3 is 19.5 Å². The molecule has 3 rings (SSSR count). The number of carbonyl (C=O) groups is 1. The Morgan fingerprint density at radius 2 is 2.04 bits per heavy atom. The van der Waals surface area contributed by atoms with E-state index in [0.29, 0.717) is 0 Å². The Bertz CT molecular complexity index is 663. The molecule has 1 aromatic heterocycles. The van der Waals surface area contributed by atoms with Crippen LogP contribution in [-0.2, 0) is 6.54 Å². The number of ether oxygens (including phenoxy) is 1. The molecule has 0 fully saturated rings. The molecule has 122 valence electrons. The van der Waals surface area contributed by atoms with Gasteiger partial charge in [-0.1, -0.05) is 13.3 Å². The third kappa shape index (κ3) is 3.18. The zero-order valence-corrected chi connectivity index (χ0v) is 13.7. The molecule has 5 nitrogen and oxygen atoms in total. The molecule has 1 atom stereocenters. The van der Waals surface area contributed by atoms with Gasteiger partial charge in [-0.05, 0) is 42.8 Å². The first-order chi connectivity index (χ1) is 11.2. The van der Waals surface area contributed by atoms with Gasteiger partial charge in [0.05, 0.1) is 13.2 Å². The zero-order valence-electron chi connectivity index (χ0n) is 13.7. The number of anilines is 1. The molecule has 2 aromatic rings. The summed E-state index contributed by atoms with van der Waals surface area (Å²) in [5.74, 6) is 0.780. The molecule has 0 unspecified atom stereocenters. The van der Waals surface area contributed by atoms with Crippen LogP contribution in [0.25, 0.3) is 0 Å². The lowest BCUT2D eigenvalue weighted by molar-refractivity contribution is 0.163. The number of hydrogen-bond donors (Lipinski definition) is 1. The lowest BCUT2D eigenvalue weighted by Crippen LogP contribution is -2.44. The maximum Gasteiger partial charge on any atom is 0.322 e. The molecule has 1 aromatic carbocycles.